The van der Waals surface area contributed by atoms with Gasteiger partial charge in [0.25, 0.3) is 0 Å². The van der Waals surface area contributed by atoms with Crippen molar-refractivity contribution < 1.29 is 23.4 Å². The van der Waals surface area contributed by atoms with Crippen LogP contribution in [0, 0.1) is 6.92 Å². The number of aromatic nitrogens is 3. The van der Waals surface area contributed by atoms with Gasteiger partial charge in [0.1, 0.15) is 11.4 Å². The molecule has 10 heteroatoms. The van der Waals surface area contributed by atoms with Crippen LogP contribution in [0.15, 0.2) is 18.2 Å². The number of alkyl halides is 3. The number of halogens is 3. The lowest BCUT2D eigenvalue weighted by Gasteiger charge is -2.35. The van der Waals surface area contributed by atoms with Crippen LogP contribution in [0.25, 0.3) is 11.3 Å². The minimum Gasteiger partial charge on any atom is -0.507 e. The van der Waals surface area contributed by atoms with Crippen LogP contribution in [0.1, 0.15) is 24.6 Å². The van der Waals surface area contributed by atoms with Gasteiger partial charge in [0.15, 0.2) is 0 Å². The minimum atomic E-state index is -4.54. The molecule has 1 aromatic carbocycles. The number of piperidine rings is 1. The van der Waals surface area contributed by atoms with Gasteiger partial charge in [0.05, 0.1) is 17.4 Å². The third-order valence-corrected chi connectivity index (χ3v) is 4.73. The molecule has 0 amide bonds. The highest BCUT2D eigenvalue weighted by molar-refractivity contribution is 5.69. The predicted molar refractivity (Wildman–Crippen MR) is 96.8 cm³/mol. The van der Waals surface area contributed by atoms with Crippen LogP contribution in [0.4, 0.5) is 19.1 Å². The topological polar surface area (TPSA) is 94.4 Å². The van der Waals surface area contributed by atoms with Gasteiger partial charge >= 0.3 is 6.18 Å². The van der Waals surface area contributed by atoms with E-state index in [1.54, 1.807) is 6.92 Å². The number of nitrogens with zero attached hydrogens (tertiary/aromatic N) is 4. The Hall–Kier alpha value is -2.46. The van der Waals surface area contributed by atoms with Crippen molar-refractivity contribution in [3.63, 3.8) is 0 Å². The lowest BCUT2D eigenvalue weighted by molar-refractivity contribution is -0.137. The third-order valence-electron chi connectivity index (χ3n) is 4.73. The van der Waals surface area contributed by atoms with Gasteiger partial charge < -0.3 is 15.5 Å². The van der Waals surface area contributed by atoms with Gasteiger partial charge in [-0.2, -0.15) is 13.2 Å². The summed E-state index contributed by atoms with van der Waals surface area (Å²) in [5.41, 5.74) is -0.198. The summed E-state index contributed by atoms with van der Waals surface area (Å²) in [5, 5.41) is 31.1. The molecule has 2 aromatic rings. The molecule has 2 heterocycles. The van der Waals surface area contributed by atoms with Crippen LogP contribution >= 0.6 is 0 Å². The Morgan fingerprint density at radius 3 is 2.61 bits per heavy atom. The van der Waals surface area contributed by atoms with E-state index in [0.29, 0.717) is 24.7 Å². The summed E-state index contributed by atoms with van der Waals surface area (Å²) in [6, 6.07) is 2.65. The minimum absolute atomic E-state index is 0.0461. The number of likely N-dealkylation sites (N-methyl/N-ethyl adjacent to an activating group) is 1. The summed E-state index contributed by atoms with van der Waals surface area (Å²) in [6.45, 7) is 5.83. The molecule has 0 spiro atoms. The first-order chi connectivity index (χ1) is 13.2. The maximum atomic E-state index is 12.8. The molecule has 1 unspecified atom stereocenters. The zero-order valence-corrected chi connectivity index (χ0v) is 15.5. The standard InChI is InChI=1S/C18H22F3N5O2/c1-3-26-8-12(7-13(27)9-26)23-17-22-10(2)16(24-25-17)14-5-4-11(6-15(14)28)18(19,20)21/h4-6,12-13,27-28H,3,7-9H2,1-2H3,(H,22,23,25)/t12?,13-/m1/s1. The maximum Gasteiger partial charge on any atom is 0.416 e. The summed E-state index contributed by atoms with van der Waals surface area (Å²) in [4.78, 5) is 6.43. The van der Waals surface area contributed by atoms with Crippen molar-refractivity contribution in [1.29, 1.82) is 0 Å². The van der Waals surface area contributed by atoms with E-state index in [1.165, 1.54) is 0 Å². The van der Waals surface area contributed by atoms with Gasteiger partial charge in [-0.1, -0.05) is 6.92 Å². The fraction of sp³-hybridized carbons (Fsp3) is 0.500. The largest absolute Gasteiger partial charge is 0.507 e. The number of phenols is 1. The second kappa shape index (κ2) is 7.88. The van der Waals surface area contributed by atoms with Crippen molar-refractivity contribution >= 4 is 5.95 Å². The number of aryl methyl sites for hydroxylation is 1. The van der Waals surface area contributed by atoms with E-state index in [-0.39, 0.29) is 23.2 Å². The highest BCUT2D eigenvalue weighted by atomic mass is 19.4. The summed E-state index contributed by atoms with van der Waals surface area (Å²) in [7, 11) is 0. The number of benzene rings is 1. The Bertz CT molecular complexity index is 846. The number of aromatic hydroxyl groups is 1. The number of phenolic OH excluding ortho intramolecular Hbond substituents is 1. The zero-order valence-electron chi connectivity index (χ0n) is 15.5. The summed E-state index contributed by atoms with van der Waals surface area (Å²) >= 11 is 0. The molecule has 7 nitrogen and oxygen atoms in total. The summed E-state index contributed by atoms with van der Waals surface area (Å²) in [6.07, 6.45) is -4.43. The number of hydrogen-bond acceptors (Lipinski definition) is 7. The normalized spacial score (nSPS) is 20.9. The lowest BCUT2D eigenvalue weighted by atomic mass is 10.0. The molecule has 1 fully saturated rings. The predicted octanol–water partition coefficient (Wildman–Crippen LogP) is 2.44. The Morgan fingerprint density at radius 2 is 2.00 bits per heavy atom. The Morgan fingerprint density at radius 1 is 1.25 bits per heavy atom. The molecule has 1 aliphatic heterocycles. The van der Waals surface area contributed by atoms with E-state index in [2.05, 4.69) is 25.4 Å². The monoisotopic (exact) mass is 397 g/mol. The fourth-order valence-corrected chi connectivity index (χ4v) is 3.33. The number of rotatable bonds is 4. The van der Waals surface area contributed by atoms with Crippen molar-refractivity contribution in [3.05, 3.63) is 29.5 Å². The van der Waals surface area contributed by atoms with E-state index >= 15 is 0 Å². The molecular formula is C18H22F3N5O2. The molecule has 0 aliphatic carbocycles. The zero-order chi connectivity index (χ0) is 20.5. The number of hydrogen-bond donors (Lipinski definition) is 3. The fourth-order valence-electron chi connectivity index (χ4n) is 3.33. The average Bonchev–Trinajstić information content (AvgIpc) is 2.61. The van der Waals surface area contributed by atoms with Crippen LogP contribution in [-0.4, -0.2) is 62.1 Å². The molecule has 1 aliphatic rings. The molecule has 2 atom stereocenters. The van der Waals surface area contributed by atoms with Gasteiger partial charge in [0.2, 0.25) is 5.95 Å². The molecule has 152 valence electrons. The van der Waals surface area contributed by atoms with Crippen LogP contribution < -0.4 is 5.32 Å². The Labute approximate surface area is 160 Å². The van der Waals surface area contributed by atoms with Crippen LogP contribution in [0.2, 0.25) is 0 Å². The van der Waals surface area contributed by atoms with Crippen molar-refractivity contribution in [2.75, 3.05) is 25.0 Å². The molecule has 28 heavy (non-hydrogen) atoms. The molecule has 1 aromatic heterocycles. The molecular weight excluding hydrogens is 375 g/mol. The molecule has 3 N–H and O–H groups in total. The number of aliphatic hydroxyl groups excluding tert-OH is 1. The second-order valence-electron chi connectivity index (χ2n) is 6.88. The highest BCUT2D eigenvalue weighted by Gasteiger charge is 2.31. The maximum absolute atomic E-state index is 12.8. The molecule has 0 saturated carbocycles. The van der Waals surface area contributed by atoms with Crippen molar-refractivity contribution in [2.45, 2.75) is 38.6 Å². The SMILES string of the molecule is CCN1CC(Nc2nnc(-c3ccc(C(F)(F)F)cc3O)c(C)n2)C[C@@H](O)C1. The van der Waals surface area contributed by atoms with Gasteiger partial charge in [-0.15, -0.1) is 10.2 Å². The summed E-state index contributed by atoms with van der Waals surface area (Å²) < 4.78 is 38.3. The second-order valence-corrected chi connectivity index (χ2v) is 6.88. The van der Waals surface area contributed by atoms with Gasteiger partial charge in [-0.3, -0.25) is 4.90 Å². The number of likely N-dealkylation sites (tertiary alicyclic amines) is 1. The number of aliphatic hydroxyl groups is 1. The summed E-state index contributed by atoms with van der Waals surface area (Å²) in [5.74, 6) is -0.272. The van der Waals surface area contributed by atoms with E-state index in [0.717, 1.165) is 25.2 Å². The van der Waals surface area contributed by atoms with Crippen LogP contribution in [-0.2, 0) is 6.18 Å². The van der Waals surface area contributed by atoms with Crippen molar-refractivity contribution in [3.8, 4) is 17.0 Å². The first-order valence-electron chi connectivity index (χ1n) is 8.96. The van der Waals surface area contributed by atoms with E-state index in [1.807, 2.05) is 6.92 Å². The number of β-amino-alcohol motifs (C(OH)–C–C–N with tert-alkyl or cyclic N) is 1. The first-order valence-corrected chi connectivity index (χ1v) is 8.96. The lowest BCUT2D eigenvalue weighted by Crippen LogP contribution is -2.48. The van der Waals surface area contributed by atoms with E-state index in [4.69, 9.17) is 0 Å². The average molecular weight is 397 g/mol. The smallest absolute Gasteiger partial charge is 0.416 e. The molecule has 3 rings (SSSR count). The van der Waals surface area contributed by atoms with Crippen molar-refractivity contribution in [1.82, 2.24) is 20.1 Å². The molecule has 0 bridgehead atoms. The highest BCUT2D eigenvalue weighted by Crippen LogP contribution is 2.36. The number of nitrogens with one attached hydrogen (secondary N) is 1. The Kier molecular flexibility index (Phi) is 5.71. The Balaban J connectivity index is 1.79. The van der Waals surface area contributed by atoms with Crippen LogP contribution in [0.5, 0.6) is 5.75 Å². The van der Waals surface area contributed by atoms with Crippen LogP contribution in [0.3, 0.4) is 0 Å². The number of anilines is 1. The van der Waals surface area contributed by atoms with Gasteiger partial charge in [0, 0.05) is 24.7 Å². The first kappa shape index (κ1) is 20.3. The van der Waals surface area contributed by atoms with Gasteiger partial charge in [-0.05, 0) is 38.1 Å². The third kappa shape index (κ3) is 4.50. The quantitative estimate of drug-likeness (QED) is 0.730. The van der Waals surface area contributed by atoms with Crippen molar-refractivity contribution in [2.24, 2.45) is 0 Å². The molecule has 1 saturated heterocycles. The molecule has 0 radical (unpaired) electrons. The van der Waals surface area contributed by atoms with Gasteiger partial charge in [-0.25, -0.2) is 4.98 Å². The van der Waals surface area contributed by atoms with E-state index < -0.39 is 23.6 Å². The van der Waals surface area contributed by atoms with E-state index in [9.17, 15) is 23.4 Å².